The molecular formula is C22H24N2O3S. The van der Waals surface area contributed by atoms with Crippen molar-refractivity contribution in [1.82, 2.24) is 4.98 Å². The molecule has 3 aromatic rings. The minimum Gasteiger partial charge on any atom is -0.494 e. The molecule has 0 unspecified atom stereocenters. The van der Waals surface area contributed by atoms with Crippen molar-refractivity contribution in [3.8, 4) is 5.75 Å². The molecule has 5 nitrogen and oxygen atoms in total. The number of thiazole rings is 1. The zero-order chi connectivity index (χ0) is 19.3. The van der Waals surface area contributed by atoms with Gasteiger partial charge in [0.15, 0.2) is 5.13 Å². The number of carbonyl (C=O) groups excluding carboxylic acids is 1. The number of anilines is 1. The normalized spacial score (nSPS) is 14.9. The Hall–Kier alpha value is -2.44. The van der Waals surface area contributed by atoms with E-state index in [2.05, 4.69) is 0 Å². The van der Waals surface area contributed by atoms with Gasteiger partial charge in [-0.2, -0.15) is 0 Å². The van der Waals surface area contributed by atoms with Crippen LogP contribution >= 0.6 is 11.3 Å². The van der Waals surface area contributed by atoms with Gasteiger partial charge in [-0.1, -0.05) is 41.7 Å². The number of rotatable bonds is 6. The van der Waals surface area contributed by atoms with Gasteiger partial charge in [0.1, 0.15) is 5.75 Å². The number of amides is 1. The highest BCUT2D eigenvalue weighted by atomic mass is 32.1. The number of aromatic nitrogens is 1. The molecule has 1 amide bonds. The molecule has 2 aromatic carbocycles. The second-order valence-corrected chi connectivity index (χ2v) is 7.86. The van der Waals surface area contributed by atoms with Gasteiger partial charge >= 0.3 is 0 Å². The van der Waals surface area contributed by atoms with E-state index in [1.165, 1.54) is 11.3 Å². The summed E-state index contributed by atoms with van der Waals surface area (Å²) < 4.78 is 12.1. The maximum atomic E-state index is 13.4. The highest BCUT2D eigenvalue weighted by molar-refractivity contribution is 7.22. The summed E-state index contributed by atoms with van der Waals surface area (Å²) in [5, 5.41) is 0.740. The molecule has 0 saturated carbocycles. The van der Waals surface area contributed by atoms with Crippen LogP contribution in [0.1, 0.15) is 25.3 Å². The Morgan fingerprint density at radius 3 is 2.75 bits per heavy atom. The Balaban J connectivity index is 1.67. The number of ether oxygens (including phenoxy) is 2. The molecule has 6 heteroatoms. The lowest BCUT2D eigenvalue weighted by molar-refractivity contribution is -0.125. The lowest BCUT2D eigenvalue weighted by atomic mass is 9.98. The van der Waals surface area contributed by atoms with Crippen LogP contribution in [0, 0.1) is 5.92 Å². The number of carbonyl (C=O) groups is 1. The number of hydrogen-bond acceptors (Lipinski definition) is 5. The molecule has 0 N–H and O–H groups in total. The summed E-state index contributed by atoms with van der Waals surface area (Å²) >= 11 is 1.54. The Kier molecular flexibility index (Phi) is 5.88. The molecule has 0 radical (unpaired) electrons. The highest BCUT2D eigenvalue weighted by Gasteiger charge is 2.29. The molecule has 0 atom stereocenters. The van der Waals surface area contributed by atoms with E-state index >= 15 is 0 Å². The maximum absolute atomic E-state index is 13.4. The zero-order valence-electron chi connectivity index (χ0n) is 16.0. The fraction of sp³-hybridized carbons (Fsp3) is 0.364. The molecule has 28 heavy (non-hydrogen) atoms. The molecule has 4 rings (SSSR count). The van der Waals surface area contributed by atoms with Crippen molar-refractivity contribution in [3.63, 3.8) is 0 Å². The average molecular weight is 397 g/mol. The number of benzene rings is 2. The molecule has 146 valence electrons. The van der Waals surface area contributed by atoms with E-state index in [1.807, 2.05) is 60.4 Å². The number of fused-ring (bicyclic) bond motifs is 1. The third-order valence-corrected chi connectivity index (χ3v) is 5.95. The van der Waals surface area contributed by atoms with Gasteiger partial charge in [-0.05, 0) is 43.5 Å². The minimum absolute atomic E-state index is 0.0107. The van der Waals surface area contributed by atoms with Gasteiger partial charge in [-0.25, -0.2) is 4.98 Å². The second kappa shape index (κ2) is 8.71. The van der Waals surface area contributed by atoms with Gasteiger partial charge in [-0.3, -0.25) is 9.69 Å². The van der Waals surface area contributed by atoms with Crippen LogP contribution in [0.2, 0.25) is 0 Å². The number of hydrogen-bond donors (Lipinski definition) is 0. The molecule has 2 heterocycles. The van der Waals surface area contributed by atoms with Crippen LogP contribution in [0.25, 0.3) is 10.2 Å². The van der Waals surface area contributed by atoms with Crippen molar-refractivity contribution >= 4 is 32.6 Å². The minimum atomic E-state index is -0.0107. The standard InChI is InChI=1S/C22H24N2O3S/c1-2-27-18-8-9-19-20(14-18)28-22(23-19)24(15-16-6-4-3-5-7-16)21(25)17-10-12-26-13-11-17/h3-9,14,17H,2,10-13,15H2,1H3. The van der Waals surface area contributed by atoms with Crippen molar-refractivity contribution in [2.45, 2.75) is 26.3 Å². The quantitative estimate of drug-likeness (QED) is 0.608. The SMILES string of the molecule is CCOc1ccc2nc(N(Cc3ccccc3)C(=O)C3CCOCC3)sc2c1. The predicted molar refractivity (Wildman–Crippen MR) is 112 cm³/mol. The molecule has 0 bridgehead atoms. The second-order valence-electron chi connectivity index (χ2n) is 6.86. The lowest BCUT2D eigenvalue weighted by Crippen LogP contribution is -2.38. The molecule has 1 saturated heterocycles. The first kappa shape index (κ1) is 18.9. The van der Waals surface area contributed by atoms with Crippen molar-refractivity contribution < 1.29 is 14.3 Å². The summed E-state index contributed by atoms with van der Waals surface area (Å²) in [4.78, 5) is 20.0. The monoisotopic (exact) mass is 396 g/mol. The molecule has 1 aliphatic heterocycles. The van der Waals surface area contributed by atoms with Gasteiger partial charge < -0.3 is 9.47 Å². The number of nitrogens with zero attached hydrogens (tertiary/aromatic N) is 2. The van der Waals surface area contributed by atoms with Gasteiger partial charge in [0.2, 0.25) is 5.91 Å². The van der Waals surface area contributed by atoms with Crippen molar-refractivity contribution in [2.24, 2.45) is 5.92 Å². The van der Waals surface area contributed by atoms with Crippen LogP contribution in [0.3, 0.4) is 0 Å². The molecule has 0 spiro atoms. The summed E-state index contributed by atoms with van der Waals surface area (Å²) in [5.74, 6) is 0.954. The average Bonchev–Trinajstić information content (AvgIpc) is 3.16. The van der Waals surface area contributed by atoms with Gasteiger partial charge in [0.25, 0.3) is 0 Å². The third kappa shape index (κ3) is 4.18. The summed E-state index contributed by atoms with van der Waals surface area (Å²) in [6, 6.07) is 16.0. The van der Waals surface area contributed by atoms with E-state index in [-0.39, 0.29) is 11.8 Å². The van der Waals surface area contributed by atoms with E-state index < -0.39 is 0 Å². The maximum Gasteiger partial charge on any atom is 0.232 e. The molecular weight excluding hydrogens is 372 g/mol. The van der Waals surface area contributed by atoms with Crippen LogP contribution in [0.5, 0.6) is 5.75 Å². The van der Waals surface area contributed by atoms with Gasteiger partial charge in [0, 0.05) is 19.1 Å². The Bertz CT molecular complexity index is 935. The first-order chi connectivity index (χ1) is 13.7. The van der Waals surface area contributed by atoms with E-state index in [1.54, 1.807) is 0 Å². The molecule has 1 aromatic heterocycles. The van der Waals surface area contributed by atoms with Crippen LogP contribution in [0.4, 0.5) is 5.13 Å². The van der Waals surface area contributed by atoms with E-state index in [0.717, 1.165) is 39.5 Å². The Morgan fingerprint density at radius 1 is 1.21 bits per heavy atom. The molecule has 1 fully saturated rings. The smallest absolute Gasteiger partial charge is 0.232 e. The van der Waals surface area contributed by atoms with Gasteiger partial charge in [0.05, 0.1) is 23.4 Å². The zero-order valence-corrected chi connectivity index (χ0v) is 16.8. The van der Waals surface area contributed by atoms with E-state index in [0.29, 0.717) is 26.4 Å². The highest BCUT2D eigenvalue weighted by Crippen LogP contribution is 2.34. The summed E-state index contributed by atoms with van der Waals surface area (Å²) in [6.07, 6.45) is 1.53. The summed E-state index contributed by atoms with van der Waals surface area (Å²) in [7, 11) is 0. The lowest BCUT2D eigenvalue weighted by Gasteiger charge is -2.27. The largest absolute Gasteiger partial charge is 0.494 e. The van der Waals surface area contributed by atoms with Crippen LogP contribution in [-0.2, 0) is 16.1 Å². The van der Waals surface area contributed by atoms with E-state index in [4.69, 9.17) is 14.5 Å². The van der Waals surface area contributed by atoms with Crippen LogP contribution in [0.15, 0.2) is 48.5 Å². The van der Waals surface area contributed by atoms with Crippen LogP contribution in [-0.4, -0.2) is 30.7 Å². The third-order valence-electron chi connectivity index (χ3n) is 4.91. The summed E-state index contributed by atoms with van der Waals surface area (Å²) in [5.41, 5.74) is 1.98. The molecule has 1 aliphatic rings. The Morgan fingerprint density at radius 2 is 2.00 bits per heavy atom. The predicted octanol–water partition coefficient (Wildman–Crippen LogP) is 4.65. The van der Waals surface area contributed by atoms with E-state index in [9.17, 15) is 4.79 Å². The Labute approximate surface area is 168 Å². The summed E-state index contributed by atoms with van der Waals surface area (Å²) in [6.45, 7) is 4.41. The van der Waals surface area contributed by atoms with Gasteiger partial charge in [-0.15, -0.1) is 0 Å². The molecule has 0 aliphatic carbocycles. The fourth-order valence-corrected chi connectivity index (χ4v) is 4.43. The topological polar surface area (TPSA) is 51.7 Å². The van der Waals surface area contributed by atoms with Crippen molar-refractivity contribution in [2.75, 3.05) is 24.7 Å². The first-order valence-electron chi connectivity index (χ1n) is 9.71. The first-order valence-corrected chi connectivity index (χ1v) is 10.5. The van der Waals surface area contributed by atoms with Crippen molar-refractivity contribution in [3.05, 3.63) is 54.1 Å². The van der Waals surface area contributed by atoms with Crippen LogP contribution < -0.4 is 9.64 Å². The fourth-order valence-electron chi connectivity index (χ4n) is 3.44. The van der Waals surface area contributed by atoms with Crippen molar-refractivity contribution in [1.29, 1.82) is 0 Å².